The number of alkyl carbamates (subject to hydrolysis) is 5. The van der Waals surface area contributed by atoms with Crippen LogP contribution in [0.15, 0.2) is 218 Å². The van der Waals surface area contributed by atoms with Gasteiger partial charge in [-0.15, -0.1) is 0 Å². The molecule has 12 aromatic rings. The molecule has 6 heterocycles. The van der Waals surface area contributed by atoms with Crippen LogP contribution in [0.5, 0.6) is 0 Å². The number of aromatic nitrogens is 6. The maximum absolute atomic E-state index is 13.9. The monoisotopic (exact) mass is 2000 g/mol. The molecule has 3 aromatic heterocycles. The number of aryl methyl sites for hydroxylation is 3. The lowest BCUT2D eigenvalue weighted by molar-refractivity contribution is -0.137. The number of carbonyl (C=O) groups excluding carboxylic acids is 7. The van der Waals surface area contributed by atoms with Crippen LogP contribution >= 0.6 is 0 Å². The first kappa shape index (κ1) is 107. The van der Waals surface area contributed by atoms with E-state index in [2.05, 4.69) is 131 Å². The van der Waals surface area contributed by atoms with Gasteiger partial charge in [0.2, 0.25) is 11.8 Å². The number of hydrogen-bond acceptors (Lipinski definition) is 21. The first-order valence-corrected chi connectivity index (χ1v) is 51.5. The number of nitrogens with one attached hydrogen (secondary N) is 6. The number of imidazole rings is 3. The van der Waals surface area contributed by atoms with Gasteiger partial charge in [-0.1, -0.05) is 182 Å². The van der Waals surface area contributed by atoms with E-state index in [0.717, 1.165) is 179 Å². The second kappa shape index (κ2) is 51.3. The Bertz CT molecular complexity index is 6360. The number of carboxylic acids is 1. The van der Waals surface area contributed by atoms with E-state index in [4.69, 9.17) is 63.7 Å². The Morgan fingerprint density at radius 2 is 0.694 bits per heavy atom. The number of amides is 7. The molecule has 0 bridgehead atoms. The van der Waals surface area contributed by atoms with Crippen molar-refractivity contribution in [2.24, 2.45) is 5.73 Å². The van der Waals surface area contributed by atoms with Crippen molar-refractivity contribution in [3.05, 3.63) is 269 Å². The summed E-state index contributed by atoms with van der Waals surface area (Å²) in [6.45, 7) is 20.3. The highest BCUT2D eigenvalue weighted by atomic mass is 16.6. The van der Waals surface area contributed by atoms with Gasteiger partial charge in [0.25, 0.3) is 0 Å². The summed E-state index contributed by atoms with van der Waals surface area (Å²) in [5.41, 5.74) is 24.6. The van der Waals surface area contributed by atoms with Gasteiger partial charge in [-0.2, -0.15) is 0 Å². The summed E-state index contributed by atoms with van der Waals surface area (Å²) in [5.74, 6) is 2.49. The van der Waals surface area contributed by atoms with E-state index in [-0.39, 0.29) is 100 Å². The number of nitrogens with zero attached hydrogens (tertiary/aromatic N) is 8. The smallest absolute Gasteiger partial charge is 0.407 e. The van der Waals surface area contributed by atoms with Crippen LogP contribution in [0.2, 0.25) is 0 Å². The van der Waals surface area contributed by atoms with Gasteiger partial charge < -0.3 is 104 Å². The van der Waals surface area contributed by atoms with Crippen LogP contribution in [-0.4, -0.2) is 241 Å². The molecule has 32 nitrogen and oxygen atoms in total. The molecule has 6 aliphatic rings. The largest absolute Gasteiger partial charge is 0.481 e. The molecule has 32 heteroatoms. The fraction of sp³-hybridized carbons (Fsp3) is 0.435. The number of likely N-dealkylation sites (tertiary alicyclic amines) is 2. The van der Waals surface area contributed by atoms with E-state index in [1.165, 1.54) is 35.3 Å². The first-order valence-electron chi connectivity index (χ1n) is 51.5. The van der Waals surface area contributed by atoms with Crippen molar-refractivity contribution in [2.45, 2.75) is 203 Å². The maximum Gasteiger partial charge on any atom is 0.407 e. The molecule has 9 N–H and O–H groups in total. The molecule has 778 valence electrons. The summed E-state index contributed by atoms with van der Waals surface area (Å²) in [7, 11) is 5.18. The van der Waals surface area contributed by atoms with Gasteiger partial charge in [0.05, 0.1) is 57.6 Å². The third-order valence-electron chi connectivity index (χ3n) is 27.5. The Hall–Kier alpha value is -14.1. The van der Waals surface area contributed by atoms with Gasteiger partial charge >= 0.3 is 36.4 Å². The Balaban J connectivity index is 0.000000154. The third kappa shape index (κ3) is 28.2. The molecule has 18 rings (SSSR count). The summed E-state index contributed by atoms with van der Waals surface area (Å²) in [5, 5.41) is 26.1. The average Bonchev–Trinajstić information content (AvgIpc) is 1.65. The minimum atomic E-state index is -1.11. The van der Waals surface area contributed by atoms with Crippen LogP contribution in [0.4, 0.5) is 24.0 Å². The van der Waals surface area contributed by atoms with E-state index >= 15 is 0 Å². The zero-order valence-corrected chi connectivity index (χ0v) is 85.8. The van der Waals surface area contributed by atoms with Crippen molar-refractivity contribution < 1.29 is 81.4 Å². The highest BCUT2D eigenvalue weighted by Gasteiger charge is 2.38. The van der Waals surface area contributed by atoms with Crippen molar-refractivity contribution in [2.75, 3.05) is 120 Å². The number of hydrogen-bond donors (Lipinski definition) is 8. The fourth-order valence-electron chi connectivity index (χ4n) is 20.8. The van der Waals surface area contributed by atoms with Crippen molar-refractivity contribution in [3.63, 3.8) is 0 Å². The number of carbonyl (C=O) groups is 8. The van der Waals surface area contributed by atoms with Crippen LogP contribution in [0.25, 0.3) is 66.5 Å². The topological polar surface area (TPSA) is 389 Å². The highest BCUT2D eigenvalue weighted by Crippen LogP contribution is 2.48. The van der Waals surface area contributed by atoms with Crippen LogP contribution in [0.1, 0.15) is 205 Å². The number of methoxy groups -OCH3 is 3. The zero-order chi connectivity index (χ0) is 104. The summed E-state index contributed by atoms with van der Waals surface area (Å²) in [4.78, 5) is 120. The van der Waals surface area contributed by atoms with Gasteiger partial charge in [0.15, 0.2) is 0 Å². The predicted molar refractivity (Wildman–Crippen MR) is 566 cm³/mol. The van der Waals surface area contributed by atoms with Crippen molar-refractivity contribution >= 4 is 81.4 Å². The van der Waals surface area contributed by atoms with E-state index in [1.807, 2.05) is 143 Å². The second-order valence-corrected chi connectivity index (χ2v) is 40.3. The first-order chi connectivity index (χ1) is 71.2. The molecule has 0 unspecified atom stereocenters. The molecule has 147 heavy (non-hydrogen) atoms. The average molecular weight is 2010 g/mol. The Kier molecular flexibility index (Phi) is 37.4. The van der Waals surface area contributed by atoms with Gasteiger partial charge in [0, 0.05) is 161 Å². The molecule has 6 atom stereocenters. The number of para-hydroxylation sites is 6. The summed E-state index contributed by atoms with van der Waals surface area (Å²) in [6.07, 6.45) is 5.32. The molecule has 3 saturated heterocycles. The summed E-state index contributed by atoms with van der Waals surface area (Å²) in [6, 6.07) is 71.4. The molecule has 0 saturated carbocycles. The minimum Gasteiger partial charge on any atom is -0.481 e. The molecule has 0 spiro atoms. The SMILES string of the molecule is CC(C)(C)OC(=O)NC[C@H](CC(=O)O)NC(=O)OCC1c2ccccc2-c2ccccc21.COCCCn1c([C@@H]2CCCN(C(=O)C[C@@H](CN)NC(=O)OCC3c4ccccc4-c4ccccc43)C2)nc2ccccc21.COCCCn1c([C@@H]2CCCN(C(=O)C[C@@H](CNC(=O)OC(C)(C)C)NC(=O)OCC3c4ccccc4-c4ccccc43)C2)nc2ccccc21.COCCCn1c([C@@H]2CCCNC2)nc2ccccc21. The lowest BCUT2D eigenvalue weighted by atomic mass is 9.96. The van der Waals surface area contributed by atoms with Crippen molar-refractivity contribution in [1.82, 2.24) is 70.4 Å². The number of rotatable bonds is 35. The highest BCUT2D eigenvalue weighted by molar-refractivity contribution is 5.85. The fourth-order valence-corrected chi connectivity index (χ4v) is 20.8. The van der Waals surface area contributed by atoms with E-state index in [0.29, 0.717) is 45.3 Å². The van der Waals surface area contributed by atoms with Gasteiger partial charge in [-0.25, -0.2) is 38.9 Å². The van der Waals surface area contributed by atoms with Crippen LogP contribution < -0.4 is 37.6 Å². The Morgan fingerprint density at radius 3 is 1.01 bits per heavy atom. The molecule has 3 aliphatic heterocycles. The molecule has 7 amide bonds. The summed E-state index contributed by atoms with van der Waals surface area (Å²) < 4.78 is 50.3. The summed E-state index contributed by atoms with van der Waals surface area (Å²) >= 11 is 0. The van der Waals surface area contributed by atoms with E-state index in [9.17, 15) is 38.4 Å². The van der Waals surface area contributed by atoms with E-state index in [1.54, 1.807) is 62.9 Å². The Labute approximate surface area is 859 Å². The maximum atomic E-state index is 13.9. The van der Waals surface area contributed by atoms with Crippen molar-refractivity contribution in [3.8, 4) is 33.4 Å². The number of fused-ring (bicyclic) bond motifs is 12. The van der Waals surface area contributed by atoms with Crippen LogP contribution in [0.3, 0.4) is 0 Å². The zero-order valence-electron chi connectivity index (χ0n) is 85.8. The number of benzene rings is 9. The Morgan fingerprint density at radius 1 is 0.395 bits per heavy atom. The number of ether oxygens (including phenoxy) is 8. The van der Waals surface area contributed by atoms with Gasteiger partial charge in [0.1, 0.15) is 48.5 Å². The molecule has 0 radical (unpaired) electrons. The third-order valence-corrected chi connectivity index (χ3v) is 27.5. The van der Waals surface area contributed by atoms with Gasteiger partial charge in [-0.3, -0.25) is 14.4 Å². The lowest BCUT2D eigenvalue weighted by Gasteiger charge is -2.34. The number of aliphatic carboxylic acids is 1. The molecular weight excluding hydrogens is 1860 g/mol. The molecular formula is C115H141N15O17. The standard InChI is InChI=1S/C40H49N5O6.C35H41N5O4.C24H28N2O6.C16H23N3O/c1-40(2,3)51-38(47)41-24-28(42-39(48)50-26-33-31-16-7-5-14-29(31)30-15-6-8-17-32(30)33)23-36(46)44-20-11-13-27(25-44)37-43-34-18-9-10-19-35(34)45(37)21-12-22-49-4;1-43-19-9-18-40-32-16-7-6-15-31(32)38-34(40)24-10-8-17-39(22-24)33(41)20-25(21-36)37-35(42)44-23-30-28-13-4-2-11-26(28)27-12-3-5-14-29(27)30;1-24(2,3)32-22(29)25-13-15(12-21(27)28)26-23(30)31-14-20-18-10-6-4-8-16(18)17-9-5-7-11-19(17)20;1-20-11-5-10-19-15-8-3-2-7-14(15)18-16(19)13-6-4-9-17-12-13/h5-10,14-19,27-28,33H,11-13,20-26H2,1-4H3,(H,41,47)(H,42,48);2-7,11-16,24-25,30H,8-10,17-23,36H2,1H3,(H,37,42);4-11,15,20H,12-14H2,1-3H3,(H,25,29)(H,26,30)(H,27,28);2-3,7-8,13,17H,4-6,9-12H2,1H3/t27-,28+;24-,25+;15-;13-/m1101/s1. The number of nitrogens with two attached hydrogens (primary N) is 1. The minimum absolute atomic E-state index is 0.00257. The molecule has 3 fully saturated rings. The number of carboxylic acid groups (broad SMARTS) is 1. The second-order valence-electron chi connectivity index (χ2n) is 40.3. The van der Waals surface area contributed by atoms with Gasteiger partial charge in [-0.05, 0) is 209 Å². The van der Waals surface area contributed by atoms with E-state index < -0.39 is 65.8 Å². The molecule has 9 aromatic carbocycles. The lowest BCUT2D eigenvalue weighted by Crippen LogP contribution is -2.49. The number of piperidine rings is 3. The van der Waals surface area contributed by atoms with Crippen LogP contribution in [0, 0.1) is 0 Å². The predicted octanol–water partition coefficient (Wildman–Crippen LogP) is 18.1. The van der Waals surface area contributed by atoms with Crippen molar-refractivity contribution in [1.29, 1.82) is 0 Å². The van der Waals surface area contributed by atoms with Crippen LogP contribution in [-0.2, 0) is 71.9 Å². The quantitative estimate of drug-likeness (QED) is 0.0135. The molecule has 3 aliphatic carbocycles. The normalized spacial score (nSPS) is 16.3.